The first-order chi connectivity index (χ1) is 8.70. The highest BCUT2D eigenvalue weighted by Crippen LogP contribution is 2.12. The average Bonchev–Trinajstić information content (AvgIpc) is 2.28. The fourth-order valence-electron chi connectivity index (χ4n) is 1.50. The standard InChI is InChI=1S/C12H19N3O4/c1-12(2,3)11(19)13-6-9(17)14-7-4-5-8(16)15-10(7)18/h7H,4-6H2,1-3H3,(H,13,19)(H,14,17)(H,15,16,18). The molecule has 0 aliphatic carbocycles. The third-order valence-corrected chi connectivity index (χ3v) is 2.67. The Bertz CT molecular complexity index is 412. The first-order valence-corrected chi connectivity index (χ1v) is 6.11. The Balaban J connectivity index is 2.38. The van der Waals surface area contributed by atoms with Crippen molar-refractivity contribution in [3.63, 3.8) is 0 Å². The van der Waals surface area contributed by atoms with Crippen LogP contribution in [0.5, 0.6) is 0 Å². The quantitative estimate of drug-likeness (QED) is 0.576. The lowest BCUT2D eigenvalue weighted by Crippen LogP contribution is -2.54. The van der Waals surface area contributed by atoms with Crippen LogP contribution in [0.2, 0.25) is 0 Å². The second-order valence-corrected chi connectivity index (χ2v) is 5.50. The number of nitrogens with one attached hydrogen (secondary N) is 3. The molecule has 1 rings (SSSR count). The van der Waals surface area contributed by atoms with E-state index < -0.39 is 23.3 Å². The van der Waals surface area contributed by atoms with Gasteiger partial charge >= 0.3 is 0 Å². The molecule has 1 atom stereocenters. The maximum atomic E-state index is 11.6. The van der Waals surface area contributed by atoms with Gasteiger partial charge in [0, 0.05) is 11.8 Å². The van der Waals surface area contributed by atoms with Crippen molar-refractivity contribution in [1.82, 2.24) is 16.0 Å². The number of amides is 4. The second kappa shape index (κ2) is 5.81. The van der Waals surface area contributed by atoms with E-state index in [2.05, 4.69) is 16.0 Å². The van der Waals surface area contributed by atoms with Gasteiger partial charge in [-0.3, -0.25) is 24.5 Å². The topological polar surface area (TPSA) is 104 Å². The summed E-state index contributed by atoms with van der Waals surface area (Å²) in [4.78, 5) is 45.5. The number of hydrogen-bond donors (Lipinski definition) is 3. The minimum atomic E-state index is -0.711. The van der Waals surface area contributed by atoms with Gasteiger partial charge < -0.3 is 10.6 Å². The van der Waals surface area contributed by atoms with Crippen molar-refractivity contribution in [1.29, 1.82) is 0 Å². The molecule has 0 aromatic carbocycles. The molecule has 0 aromatic heterocycles. The van der Waals surface area contributed by atoms with Crippen LogP contribution in [0.15, 0.2) is 0 Å². The molecule has 0 spiro atoms. The highest BCUT2D eigenvalue weighted by molar-refractivity contribution is 6.01. The smallest absolute Gasteiger partial charge is 0.249 e. The lowest BCUT2D eigenvalue weighted by molar-refractivity contribution is -0.137. The maximum Gasteiger partial charge on any atom is 0.249 e. The van der Waals surface area contributed by atoms with Gasteiger partial charge in [-0.25, -0.2) is 0 Å². The number of hydrogen-bond acceptors (Lipinski definition) is 4. The fourth-order valence-corrected chi connectivity index (χ4v) is 1.50. The van der Waals surface area contributed by atoms with Crippen molar-refractivity contribution in [2.45, 2.75) is 39.7 Å². The molecule has 0 radical (unpaired) electrons. The van der Waals surface area contributed by atoms with Gasteiger partial charge in [-0.1, -0.05) is 20.8 Å². The van der Waals surface area contributed by atoms with Gasteiger partial charge in [0.05, 0.1) is 6.54 Å². The van der Waals surface area contributed by atoms with E-state index in [4.69, 9.17) is 0 Å². The van der Waals surface area contributed by atoms with Crippen LogP contribution in [0.4, 0.5) is 0 Å². The van der Waals surface area contributed by atoms with Crippen LogP contribution < -0.4 is 16.0 Å². The summed E-state index contributed by atoms with van der Waals surface area (Å²) < 4.78 is 0. The summed E-state index contributed by atoms with van der Waals surface area (Å²) in [6, 6.07) is -0.711. The van der Waals surface area contributed by atoms with Gasteiger partial charge in [-0.05, 0) is 6.42 Å². The number of piperidine rings is 1. The molecule has 0 saturated carbocycles. The van der Waals surface area contributed by atoms with Crippen LogP contribution in [0.3, 0.4) is 0 Å². The van der Waals surface area contributed by atoms with Crippen LogP contribution in [-0.2, 0) is 19.2 Å². The molecule has 0 bridgehead atoms. The molecular weight excluding hydrogens is 250 g/mol. The van der Waals surface area contributed by atoms with Crippen LogP contribution >= 0.6 is 0 Å². The van der Waals surface area contributed by atoms with Crippen molar-refractivity contribution in [2.75, 3.05) is 6.54 Å². The van der Waals surface area contributed by atoms with E-state index in [1.165, 1.54) is 0 Å². The Hall–Kier alpha value is -1.92. The first kappa shape index (κ1) is 15.1. The van der Waals surface area contributed by atoms with E-state index in [1.54, 1.807) is 20.8 Å². The van der Waals surface area contributed by atoms with E-state index in [-0.39, 0.29) is 31.2 Å². The Labute approximate surface area is 111 Å². The van der Waals surface area contributed by atoms with Gasteiger partial charge in [0.15, 0.2) is 0 Å². The molecule has 4 amide bonds. The Morgan fingerprint density at radius 2 is 1.95 bits per heavy atom. The third kappa shape index (κ3) is 4.69. The minimum absolute atomic E-state index is 0.187. The molecule has 0 aromatic rings. The van der Waals surface area contributed by atoms with Gasteiger partial charge in [-0.15, -0.1) is 0 Å². The van der Waals surface area contributed by atoms with Crippen molar-refractivity contribution in [2.24, 2.45) is 5.41 Å². The number of carbonyl (C=O) groups is 4. The molecule has 1 aliphatic rings. The Kier molecular flexibility index (Phi) is 4.63. The predicted octanol–water partition coefficient (Wildman–Crippen LogP) is -0.930. The molecule has 7 heteroatoms. The van der Waals surface area contributed by atoms with Gasteiger partial charge in [0.2, 0.25) is 23.6 Å². The molecule has 7 nitrogen and oxygen atoms in total. The van der Waals surface area contributed by atoms with Crippen LogP contribution in [-0.4, -0.2) is 36.2 Å². The number of carbonyl (C=O) groups excluding carboxylic acids is 4. The van der Waals surface area contributed by atoms with Crippen molar-refractivity contribution in [3.05, 3.63) is 0 Å². The number of imide groups is 1. The summed E-state index contributed by atoms with van der Waals surface area (Å²) in [5.41, 5.74) is -0.574. The monoisotopic (exact) mass is 269 g/mol. The van der Waals surface area contributed by atoms with Crippen molar-refractivity contribution in [3.8, 4) is 0 Å². The highest BCUT2D eigenvalue weighted by atomic mass is 16.2. The molecular formula is C12H19N3O4. The fraction of sp³-hybridized carbons (Fsp3) is 0.667. The van der Waals surface area contributed by atoms with Crippen LogP contribution in [0.25, 0.3) is 0 Å². The zero-order valence-corrected chi connectivity index (χ0v) is 11.3. The lowest BCUT2D eigenvalue weighted by Gasteiger charge is -2.22. The van der Waals surface area contributed by atoms with Crippen molar-refractivity contribution >= 4 is 23.6 Å². The zero-order chi connectivity index (χ0) is 14.6. The highest BCUT2D eigenvalue weighted by Gasteiger charge is 2.28. The summed E-state index contributed by atoms with van der Waals surface area (Å²) in [7, 11) is 0. The van der Waals surface area contributed by atoms with Crippen molar-refractivity contribution < 1.29 is 19.2 Å². The maximum absolute atomic E-state index is 11.6. The first-order valence-electron chi connectivity index (χ1n) is 6.11. The second-order valence-electron chi connectivity index (χ2n) is 5.50. The summed E-state index contributed by atoms with van der Waals surface area (Å²) in [5.74, 6) is -1.54. The summed E-state index contributed by atoms with van der Waals surface area (Å²) in [5, 5.41) is 7.11. The SMILES string of the molecule is CC(C)(C)C(=O)NCC(=O)NC1CCC(=O)NC1=O. The van der Waals surface area contributed by atoms with Crippen LogP contribution in [0.1, 0.15) is 33.6 Å². The zero-order valence-electron chi connectivity index (χ0n) is 11.3. The van der Waals surface area contributed by atoms with E-state index in [0.717, 1.165) is 0 Å². The van der Waals surface area contributed by atoms with E-state index in [9.17, 15) is 19.2 Å². The lowest BCUT2D eigenvalue weighted by atomic mass is 9.96. The van der Waals surface area contributed by atoms with E-state index in [1.807, 2.05) is 0 Å². The van der Waals surface area contributed by atoms with Gasteiger partial charge in [0.25, 0.3) is 0 Å². The molecule has 3 N–H and O–H groups in total. The van der Waals surface area contributed by atoms with Gasteiger partial charge in [0.1, 0.15) is 6.04 Å². The van der Waals surface area contributed by atoms with E-state index >= 15 is 0 Å². The molecule has 1 saturated heterocycles. The molecule has 19 heavy (non-hydrogen) atoms. The average molecular weight is 269 g/mol. The van der Waals surface area contributed by atoms with Gasteiger partial charge in [-0.2, -0.15) is 0 Å². The molecule has 1 unspecified atom stereocenters. The Morgan fingerprint density at radius 1 is 1.32 bits per heavy atom. The summed E-state index contributed by atoms with van der Waals surface area (Å²) in [6.07, 6.45) is 0.481. The predicted molar refractivity (Wildman–Crippen MR) is 66.8 cm³/mol. The van der Waals surface area contributed by atoms with E-state index in [0.29, 0.717) is 0 Å². The molecule has 106 valence electrons. The molecule has 1 fully saturated rings. The molecule has 1 aliphatic heterocycles. The third-order valence-electron chi connectivity index (χ3n) is 2.67. The summed E-state index contributed by atoms with van der Waals surface area (Å²) in [6.45, 7) is 5.02. The number of rotatable bonds is 3. The normalized spacial score (nSPS) is 19.6. The minimum Gasteiger partial charge on any atom is -0.347 e. The van der Waals surface area contributed by atoms with Crippen LogP contribution in [0, 0.1) is 5.41 Å². The largest absolute Gasteiger partial charge is 0.347 e. The summed E-state index contributed by atoms with van der Waals surface area (Å²) >= 11 is 0. The molecule has 1 heterocycles. The Morgan fingerprint density at radius 3 is 2.47 bits per heavy atom.